The fourth-order valence-corrected chi connectivity index (χ4v) is 4.51. The SMILES string of the molecule is C[S+](CCCN)C[C@@H]1O[C@H](n2cnc3c(N)ncnc32)[C@@H](O)[C@H]1O. The third kappa shape index (κ3) is 3.20. The molecule has 2 aromatic heterocycles. The summed E-state index contributed by atoms with van der Waals surface area (Å²) in [7, 11) is 0.0655. The normalized spacial score (nSPS) is 28.5. The number of nitrogens with two attached hydrogens (primary N) is 2. The first-order chi connectivity index (χ1) is 11.5. The Bertz CT molecular complexity index is 698. The van der Waals surface area contributed by atoms with Crippen molar-refractivity contribution in [2.24, 2.45) is 5.73 Å². The van der Waals surface area contributed by atoms with Crippen molar-refractivity contribution in [1.29, 1.82) is 0 Å². The third-order valence-electron chi connectivity index (χ3n) is 4.14. The number of aliphatic hydroxyl groups is 2. The Morgan fingerprint density at radius 3 is 2.83 bits per heavy atom. The molecule has 0 radical (unpaired) electrons. The zero-order chi connectivity index (χ0) is 17.3. The van der Waals surface area contributed by atoms with Crippen LogP contribution in [0.2, 0.25) is 0 Å². The van der Waals surface area contributed by atoms with Crippen molar-refractivity contribution < 1.29 is 14.9 Å². The molecule has 0 saturated carbocycles. The molecular formula is C14H23N6O3S+. The zero-order valence-electron chi connectivity index (χ0n) is 13.4. The molecule has 3 heterocycles. The van der Waals surface area contributed by atoms with Crippen molar-refractivity contribution in [3.8, 4) is 0 Å². The molecule has 1 fully saturated rings. The van der Waals surface area contributed by atoms with E-state index in [0.717, 1.165) is 12.2 Å². The van der Waals surface area contributed by atoms with E-state index in [2.05, 4.69) is 21.2 Å². The van der Waals surface area contributed by atoms with Crippen LogP contribution in [-0.2, 0) is 15.6 Å². The van der Waals surface area contributed by atoms with Gasteiger partial charge in [0.25, 0.3) is 0 Å². The summed E-state index contributed by atoms with van der Waals surface area (Å²) in [6.45, 7) is 0.652. The molecule has 1 saturated heterocycles. The van der Waals surface area contributed by atoms with Crippen molar-refractivity contribution >= 4 is 27.9 Å². The molecule has 1 unspecified atom stereocenters. The molecule has 132 valence electrons. The van der Waals surface area contributed by atoms with E-state index >= 15 is 0 Å². The summed E-state index contributed by atoms with van der Waals surface area (Å²) in [6, 6.07) is 0. The maximum Gasteiger partial charge on any atom is 0.167 e. The van der Waals surface area contributed by atoms with Crippen LogP contribution < -0.4 is 11.5 Å². The van der Waals surface area contributed by atoms with E-state index in [4.69, 9.17) is 16.2 Å². The van der Waals surface area contributed by atoms with Crippen LogP contribution in [0.4, 0.5) is 5.82 Å². The average molecular weight is 355 g/mol. The minimum absolute atomic E-state index is 0.0655. The van der Waals surface area contributed by atoms with Crippen LogP contribution in [0, 0.1) is 0 Å². The van der Waals surface area contributed by atoms with Gasteiger partial charge >= 0.3 is 0 Å². The third-order valence-corrected chi connectivity index (χ3v) is 6.03. The van der Waals surface area contributed by atoms with E-state index in [-0.39, 0.29) is 16.7 Å². The highest BCUT2D eigenvalue weighted by Gasteiger charge is 2.46. The van der Waals surface area contributed by atoms with Gasteiger partial charge in [0.2, 0.25) is 0 Å². The van der Waals surface area contributed by atoms with Crippen LogP contribution in [0.1, 0.15) is 12.6 Å². The molecule has 24 heavy (non-hydrogen) atoms. The molecule has 9 nitrogen and oxygen atoms in total. The lowest BCUT2D eigenvalue weighted by atomic mass is 10.1. The van der Waals surface area contributed by atoms with E-state index in [1.165, 1.54) is 12.7 Å². The summed E-state index contributed by atoms with van der Waals surface area (Å²) < 4.78 is 7.52. The van der Waals surface area contributed by atoms with Gasteiger partial charge in [0, 0.05) is 6.42 Å². The number of rotatable bonds is 6. The molecule has 6 N–H and O–H groups in total. The molecule has 0 aromatic carbocycles. The van der Waals surface area contributed by atoms with Crippen molar-refractivity contribution in [2.45, 2.75) is 31.0 Å². The lowest BCUT2D eigenvalue weighted by Gasteiger charge is -2.16. The van der Waals surface area contributed by atoms with E-state index in [0.29, 0.717) is 23.5 Å². The van der Waals surface area contributed by atoms with Crippen LogP contribution >= 0.6 is 0 Å². The topological polar surface area (TPSA) is 145 Å². The summed E-state index contributed by atoms with van der Waals surface area (Å²) >= 11 is 0. The van der Waals surface area contributed by atoms with Gasteiger partial charge in [0.05, 0.1) is 12.6 Å². The maximum absolute atomic E-state index is 10.4. The highest BCUT2D eigenvalue weighted by molar-refractivity contribution is 7.96. The van der Waals surface area contributed by atoms with Crippen molar-refractivity contribution in [3.05, 3.63) is 12.7 Å². The number of fused-ring (bicyclic) bond motifs is 1. The highest BCUT2D eigenvalue weighted by atomic mass is 32.2. The van der Waals surface area contributed by atoms with Gasteiger partial charge in [-0.1, -0.05) is 0 Å². The predicted octanol–water partition coefficient (Wildman–Crippen LogP) is -1.38. The molecule has 0 spiro atoms. The van der Waals surface area contributed by atoms with Crippen molar-refractivity contribution in [3.63, 3.8) is 0 Å². The molecular weight excluding hydrogens is 332 g/mol. The fraction of sp³-hybridized carbons (Fsp3) is 0.643. The Kier molecular flexibility index (Phi) is 5.21. The molecule has 10 heteroatoms. The number of imidazole rings is 1. The van der Waals surface area contributed by atoms with Crippen LogP contribution in [0.15, 0.2) is 12.7 Å². The Balaban J connectivity index is 1.78. The van der Waals surface area contributed by atoms with Gasteiger partial charge in [0.15, 0.2) is 17.7 Å². The van der Waals surface area contributed by atoms with Gasteiger partial charge in [-0.3, -0.25) is 4.57 Å². The standard InChI is InChI=1S/C14H23N6O3S/c1-24(4-2-3-15)5-8-10(21)11(22)14(23-8)20-7-19-9-12(16)17-6-18-13(9)20/h6-8,10-11,14,21-22H,2-5,15H2,1H3,(H2,16,17,18)/q+1/t8-,10-,11-,14-,24?/m0/s1. The van der Waals surface area contributed by atoms with E-state index < -0.39 is 24.5 Å². The number of ether oxygens (including phenoxy) is 1. The lowest BCUT2D eigenvalue weighted by Crippen LogP contribution is -2.35. The monoisotopic (exact) mass is 355 g/mol. The lowest BCUT2D eigenvalue weighted by molar-refractivity contribution is -0.0290. The van der Waals surface area contributed by atoms with E-state index in [1.807, 2.05) is 0 Å². The second kappa shape index (κ2) is 7.19. The molecule has 0 amide bonds. The quantitative estimate of drug-likeness (QED) is 0.464. The first-order valence-electron chi connectivity index (χ1n) is 7.76. The largest absolute Gasteiger partial charge is 0.387 e. The van der Waals surface area contributed by atoms with Gasteiger partial charge in [-0.15, -0.1) is 0 Å². The second-order valence-electron chi connectivity index (χ2n) is 5.92. The van der Waals surface area contributed by atoms with Gasteiger partial charge in [-0.05, 0) is 17.4 Å². The molecule has 1 aliphatic heterocycles. The minimum Gasteiger partial charge on any atom is -0.387 e. The molecule has 3 rings (SSSR count). The molecule has 0 aliphatic carbocycles. The Morgan fingerprint density at radius 1 is 1.29 bits per heavy atom. The van der Waals surface area contributed by atoms with Gasteiger partial charge in [0.1, 0.15) is 41.7 Å². The summed E-state index contributed by atoms with van der Waals surface area (Å²) in [5, 5.41) is 20.7. The van der Waals surface area contributed by atoms with Crippen LogP contribution in [-0.4, -0.2) is 72.4 Å². The number of nitrogens with zero attached hydrogens (tertiary/aromatic N) is 4. The molecule has 1 aliphatic rings. The van der Waals surface area contributed by atoms with Crippen molar-refractivity contribution in [1.82, 2.24) is 19.5 Å². The van der Waals surface area contributed by atoms with Gasteiger partial charge in [-0.25, -0.2) is 15.0 Å². The molecule has 5 atom stereocenters. The number of aliphatic hydroxyl groups excluding tert-OH is 2. The Hall–Kier alpha value is -1.46. The Morgan fingerprint density at radius 2 is 2.08 bits per heavy atom. The van der Waals surface area contributed by atoms with Crippen LogP contribution in [0.3, 0.4) is 0 Å². The highest BCUT2D eigenvalue weighted by Crippen LogP contribution is 2.32. The van der Waals surface area contributed by atoms with Crippen LogP contribution in [0.25, 0.3) is 11.2 Å². The van der Waals surface area contributed by atoms with E-state index in [9.17, 15) is 10.2 Å². The summed E-state index contributed by atoms with van der Waals surface area (Å²) in [4.78, 5) is 12.2. The number of anilines is 1. The van der Waals surface area contributed by atoms with Gasteiger partial charge < -0.3 is 26.4 Å². The van der Waals surface area contributed by atoms with E-state index in [1.54, 1.807) is 4.57 Å². The molecule has 0 bridgehead atoms. The number of hydrogen-bond donors (Lipinski definition) is 4. The Labute approximate surface area is 142 Å². The zero-order valence-corrected chi connectivity index (χ0v) is 14.3. The fourth-order valence-electron chi connectivity index (χ4n) is 2.85. The first-order valence-corrected chi connectivity index (χ1v) is 9.74. The maximum atomic E-state index is 10.4. The second-order valence-corrected chi connectivity index (χ2v) is 8.23. The predicted molar refractivity (Wildman–Crippen MR) is 92.4 cm³/mol. The number of hydrogen-bond acceptors (Lipinski definition) is 8. The average Bonchev–Trinajstić information content (AvgIpc) is 3.10. The summed E-state index contributed by atoms with van der Waals surface area (Å²) in [5.74, 6) is 1.93. The number of nitrogen functional groups attached to an aromatic ring is 1. The number of aromatic nitrogens is 4. The minimum atomic E-state index is -1.06. The first kappa shape index (κ1) is 17.4. The van der Waals surface area contributed by atoms with Crippen molar-refractivity contribution in [2.75, 3.05) is 30.0 Å². The van der Waals surface area contributed by atoms with Gasteiger partial charge in [-0.2, -0.15) is 0 Å². The smallest absolute Gasteiger partial charge is 0.167 e. The summed E-state index contributed by atoms with van der Waals surface area (Å²) in [6.07, 6.45) is 2.68. The summed E-state index contributed by atoms with van der Waals surface area (Å²) in [5.41, 5.74) is 12.2. The van der Waals surface area contributed by atoms with Crippen LogP contribution in [0.5, 0.6) is 0 Å². The molecule has 2 aromatic rings.